The molecule has 2 heterocycles. The van der Waals surface area contributed by atoms with Crippen LogP contribution in [0.3, 0.4) is 0 Å². The van der Waals surface area contributed by atoms with Crippen molar-refractivity contribution in [3.8, 4) is 16.9 Å². The lowest BCUT2D eigenvalue weighted by molar-refractivity contribution is -0.130. The van der Waals surface area contributed by atoms with Crippen molar-refractivity contribution in [2.24, 2.45) is 0 Å². The highest BCUT2D eigenvalue weighted by atomic mass is 35.5. The van der Waals surface area contributed by atoms with Crippen LogP contribution >= 0.6 is 11.6 Å². The van der Waals surface area contributed by atoms with Crippen molar-refractivity contribution in [2.45, 2.75) is 26.3 Å². The molecule has 0 saturated heterocycles. The number of benzene rings is 2. The fourth-order valence-electron chi connectivity index (χ4n) is 3.28. The zero-order chi connectivity index (χ0) is 21.8. The zero-order valence-corrected chi connectivity index (χ0v) is 18.1. The molecule has 0 saturated carbocycles. The maximum Gasteiger partial charge on any atom is 0.227 e. The lowest BCUT2D eigenvalue weighted by Gasteiger charge is -2.16. The predicted molar refractivity (Wildman–Crippen MR) is 118 cm³/mol. The van der Waals surface area contributed by atoms with Crippen LogP contribution < -0.4 is 0 Å². The lowest BCUT2D eigenvalue weighted by Crippen LogP contribution is -2.26. The first-order valence-corrected chi connectivity index (χ1v) is 10.3. The molecule has 0 aliphatic rings. The van der Waals surface area contributed by atoms with Gasteiger partial charge in [0.25, 0.3) is 0 Å². The number of carbonyl (C=O) groups is 1. The van der Waals surface area contributed by atoms with E-state index in [1.165, 1.54) is 0 Å². The SMILES string of the molecule is Cc1noc(CCC(=O)N(C)Cc2cn(-c3ccccc3)nc2-c2ccc(Cl)cc2)n1. The maximum atomic E-state index is 12.7. The number of nitrogens with zero attached hydrogens (tertiary/aromatic N) is 5. The first-order valence-electron chi connectivity index (χ1n) is 9.92. The Morgan fingerprint density at radius 1 is 1.13 bits per heavy atom. The first-order chi connectivity index (χ1) is 15.0. The molecule has 0 bridgehead atoms. The summed E-state index contributed by atoms with van der Waals surface area (Å²) in [4.78, 5) is 18.5. The normalized spacial score (nSPS) is 10.9. The fraction of sp³-hybridized carbons (Fsp3) is 0.217. The van der Waals surface area contributed by atoms with E-state index in [9.17, 15) is 4.79 Å². The second-order valence-corrected chi connectivity index (χ2v) is 7.71. The second kappa shape index (κ2) is 9.14. The topological polar surface area (TPSA) is 77.0 Å². The van der Waals surface area contributed by atoms with Crippen LogP contribution in [0.25, 0.3) is 16.9 Å². The van der Waals surface area contributed by atoms with Crippen LogP contribution in [-0.4, -0.2) is 37.8 Å². The Balaban J connectivity index is 1.56. The van der Waals surface area contributed by atoms with Gasteiger partial charge in [-0.3, -0.25) is 4.79 Å². The van der Waals surface area contributed by atoms with Gasteiger partial charge in [-0.15, -0.1) is 0 Å². The van der Waals surface area contributed by atoms with Gasteiger partial charge in [-0.25, -0.2) is 4.68 Å². The molecular weight excluding hydrogens is 414 g/mol. The van der Waals surface area contributed by atoms with Crippen LogP contribution in [0.2, 0.25) is 5.02 Å². The van der Waals surface area contributed by atoms with Crippen molar-refractivity contribution in [3.63, 3.8) is 0 Å². The largest absolute Gasteiger partial charge is 0.341 e. The van der Waals surface area contributed by atoms with Gasteiger partial charge in [0.15, 0.2) is 5.82 Å². The third-order valence-electron chi connectivity index (χ3n) is 4.88. The Morgan fingerprint density at radius 3 is 2.55 bits per heavy atom. The van der Waals surface area contributed by atoms with Gasteiger partial charge in [-0.1, -0.05) is 47.1 Å². The molecule has 31 heavy (non-hydrogen) atoms. The third-order valence-corrected chi connectivity index (χ3v) is 5.14. The third kappa shape index (κ3) is 5.00. The van der Waals surface area contributed by atoms with E-state index in [1.54, 1.807) is 18.9 Å². The van der Waals surface area contributed by atoms with Crippen molar-refractivity contribution in [2.75, 3.05) is 7.05 Å². The molecule has 2 aromatic carbocycles. The number of rotatable bonds is 7. The second-order valence-electron chi connectivity index (χ2n) is 7.28. The highest BCUT2D eigenvalue weighted by Crippen LogP contribution is 2.26. The predicted octanol–water partition coefficient (Wildman–Crippen LogP) is 4.48. The molecule has 7 nitrogen and oxygen atoms in total. The van der Waals surface area contributed by atoms with Crippen molar-refractivity contribution in [1.82, 2.24) is 24.8 Å². The lowest BCUT2D eigenvalue weighted by atomic mass is 10.1. The Kier molecular flexibility index (Phi) is 6.13. The fourth-order valence-corrected chi connectivity index (χ4v) is 3.41. The van der Waals surface area contributed by atoms with Gasteiger partial charge in [0.1, 0.15) is 0 Å². The number of hydrogen-bond acceptors (Lipinski definition) is 5. The summed E-state index contributed by atoms with van der Waals surface area (Å²) in [5.41, 5.74) is 3.64. The van der Waals surface area contributed by atoms with E-state index in [1.807, 2.05) is 65.5 Å². The summed E-state index contributed by atoms with van der Waals surface area (Å²) < 4.78 is 6.93. The van der Waals surface area contributed by atoms with E-state index in [2.05, 4.69) is 10.1 Å². The molecule has 0 unspecified atom stereocenters. The average molecular weight is 436 g/mol. The standard InChI is InChI=1S/C23H22ClN5O2/c1-16-25-21(31-27-16)12-13-22(30)28(2)14-18-15-29(20-6-4-3-5-7-20)26-23(18)17-8-10-19(24)11-9-17/h3-11,15H,12-14H2,1-2H3. The van der Waals surface area contributed by atoms with Gasteiger partial charge in [0, 0.05) is 48.8 Å². The van der Waals surface area contributed by atoms with Gasteiger partial charge in [-0.05, 0) is 31.2 Å². The van der Waals surface area contributed by atoms with Gasteiger partial charge in [-0.2, -0.15) is 10.1 Å². The molecule has 2 aromatic heterocycles. The van der Waals surface area contributed by atoms with Crippen molar-refractivity contribution in [1.29, 1.82) is 0 Å². The number of carbonyl (C=O) groups excluding carboxylic acids is 1. The minimum Gasteiger partial charge on any atom is -0.341 e. The summed E-state index contributed by atoms with van der Waals surface area (Å²) in [6, 6.07) is 17.4. The van der Waals surface area contributed by atoms with E-state index in [0.29, 0.717) is 36.1 Å². The molecule has 0 spiro atoms. The minimum atomic E-state index is -0.00892. The minimum absolute atomic E-state index is 0.00892. The molecule has 1 amide bonds. The molecule has 158 valence electrons. The van der Waals surface area contributed by atoms with Crippen LogP contribution in [0.15, 0.2) is 65.3 Å². The molecule has 0 N–H and O–H groups in total. The quantitative estimate of drug-likeness (QED) is 0.428. The molecule has 0 radical (unpaired) electrons. The van der Waals surface area contributed by atoms with E-state index < -0.39 is 0 Å². The van der Waals surface area contributed by atoms with Crippen LogP contribution in [-0.2, 0) is 17.8 Å². The van der Waals surface area contributed by atoms with Crippen LogP contribution in [0.5, 0.6) is 0 Å². The molecule has 0 aliphatic carbocycles. The number of hydrogen-bond donors (Lipinski definition) is 0. The van der Waals surface area contributed by atoms with Crippen molar-refractivity contribution < 1.29 is 9.32 Å². The monoisotopic (exact) mass is 435 g/mol. The molecular formula is C23H22ClN5O2. The number of aromatic nitrogens is 4. The maximum absolute atomic E-state index is 12.7. The Morgan fingerprint density at radius 2 is 1.87 bits per heavy atom. The van der Waals surface area contributed by atoms with E-state index in [4.69, 9.17) is 21.2 Å². The van der Waals surface area contributed by atoms with Gasteiger partial charge in [0.2, 0.25) is 11.8 Å². The van der Waals surface area contributed by atoms with E-state index in [0.717, 1.165) is 22.5 Å². The number of aryl methyl sites for hydroxylation is 2. The summed E-state index contributed by atoms with van der Waals surface area (Å²) in [5, 5.41) is 9.21. The van der Waals surface area contributed by atoms with Gasteiger partial charge < -0.3 is 9.42 Å². The summed E-state index contributed by atoms with van der Waals surface area (Å²) in [6.45, 7) is 2.18. The first kappa shape index (κ1) is 20.8. The molecule has 8 heteroatoms. The van der Waals surface area contributed by atoms with Crippen molar-refractivity contribution >= 4 is 17.5 Å². The Hall–Kier alpha value is -3.45. The zero-order valence-electron chi connectivity index (χ0n) is 17.3. The van der Waals surface area contributed by atoms with Crippen molar-refractivity contribution in [3.05, 3.63) is 83.1 Å². The Bertz CT molecular complexity index is 1170. The summed E-state index contributed by atoms with van der Waals surface area (Å²) in [6.07, 6.45) is 2.67. The molecule has 0 aliphatic heterocycles. The Labute approximate surface area is 185 Å². The van der Waals surface area contributed by atoms with Gasteiger partial charge in [0.05, 0.1) is 11.4 Å². The van der Waals surface area contributed by atoms with E-state index in [-0.39, 0.29) is 5.91 Å². The average Bonchev–Trinajstić information content (AvgIpc) is 3.39. The molecule has 4 rings (SSSR count). The van der Waals surface area contributed by atoms with Crippen LogP contribution in [0.4, 0.5) is 0 Å². The van der Waals surface area contributed by atoms with E-state index >= 15 is 0 Å². The highest BCUT2D eigenvalue weighted by molar-refractivity contribution is 6.30. The number of para-hydroxylation sites is 1. The molecule has 4 aromatic rings. The van der Waals surface area contributed by atoms with Crippen LogP contribution in [0, 0.1) is 6.92 Å². The summed E-state index contributed by atoms with van der Waals surface area (Å²) in [5.74, 6) is 1.03. The molecule has 0 atom stereocenters. The summed E-state index contributed by atoms with van der Waals surface area (Å²) in [7, 11) is 1.78. The molecule has 0 fully saturated rings. The van der Waals surface area contributed by atoms with Gasteiger partial charge >= 0.3 is 0 Å². The number of halogens is 1. The smallest absolute Gasteiger partial charge is 0.227 e. The van der Waals surface area contributed by atoms with Crippen LogP contribution in [0.1, 0.15) is 23.7 Å². The number of amides is 1. The summed E-state index contributed by atoms with van der Waals surface area (Å²) >= 11 is 6.06. The highest BCUT2D eigenvalue weighted by Gasteiger charge is 2.17.